The molecule has 3 aliphatic rings. The smallest absolute Gasteiger partial charge is 0.0675 e. The summed E-state index contributed by atoms with van der Waals surface area (Å²) in [5.74, 6) is 0.806. The predicted molar refractivity (Wildman–Crippen MR) is 87.7 cm³/mol. The number of benzene rings is 1. The van der Waals surface area contributed by atoms with Crippen LogP contribution in [0.5, 0.6) is 0 Å². The van der Waals surface area contributed by atoms with Crippen LogP contribution in [0.2, 0.25) is 0 Å². The van der Waals surface area contributed by atoms with Crippen molar-refractivity contribution < 1.29 is 0 Å². The molecule has 1 unspecified atom stereocenters. The monoisotopic (exact) mass is 292 g/mol. The zero-order chi connectivity index (χ0) is 14.5. The van der Waals surface area contributed by atoms with E-state index in [-0.39, 0.29) is 0 Å². The third-order valence-corrected chi connectivity index (χ3v) is 5.47. The van der Waals surface area contributed by atoms with Gasteiger partial charge in [-0.05, 0) is 49.5 Å². The zero-order valence-corrected chi connectivity index (χ0v) is 12.6. The molecular weight excluding hydrogens is 272 g/mol. The summed E-state index contributed by atoms with van der Waals surface area (Å²) in [5.41, 5.74) is 3.68. The fraction of sp³-hybridized carbons (Fsp3) is 0.389. The Morgan fingerprint density at radius 3 is 2.86 bits per heavy atom. The van der Waals surface area contributed by atoms with E-state index in [9.17, 15) is 0 Å². The number of aromatic nitrogens is 3. The molecule has 2 bridgehead atoms. The van der Waals surface area contributed by atoms with Crippen LogP contribution in [0, 0.1) is 5.92 Å². The van der Waals surface area contributed by atoms with E-state index in [1.54, 1.807) is 0 Å². The van der Waals surface area contributed by atoms with Crippen LogP contribution >= 0.6 is 0 Å². The van der Waals surface area contributed by atoms with Gasteiger partial charge in [0.15, 0.2) is 0 Å². The van der Waals surface area contributed by atoms with E-state index < -0.39 is 0 Å². The molecule has 1 N–H and O–H groups in total. The van der Waals surface area contributed by atoms with Gasteiger partial charge in [0, 0.05) is 35.4 Å². The normalized spacial score (nSPS) is 27.5. The van der Waals surface area contributed by atoms with E-state index in [1.807, 2.05) is 12.4 Å². The Balaban J connectivity index is 1.53. The second-order valence-corrected chi connectivity index (χ2v) is 6.66. The summed E-state index contributed by atoms with van der Waals surface area (Å²) >= 11 is 0. The lowest BCUT2D eigenvalue weighted by atomic mass is 9.84. The van der Waals surface area contributed by atoms with Crippen molar-refractivity contribution in [3.8, 4) is 11.1 Å². The second-order valence-electron chi connectivity index (χ2n) is 6.66. The summed E-state index contributed by atoms with van der Waals surface area (Å²) < 4.78 is 2.22. The molecule has 5 heterocycles. The van der Waals surface area contributed by atoms with Gasteiger partial charge in [-0.2, -0.15) is 5.10 Å². The van der Waals surface area contributed by atoms with E-state index in [0.29, 0.717) is 6.04 Å². The number of nitrogens with one attached hydrogen (secondary N) is 1. The average molecular weight is 292 g/mol. The maximum absolute atomic E-state index is 4.71. The SMILES string of the molecule is c1cc(-c2cnn(C3CN4CCC3CC4)c2)c2cc[nH]c2c1. The molecule has 22 heavy (non-hydrogen) atoms. The van der Waals surface area contributed by atoms with E-state index in [0.717, 1.165) is 5.92 Å². The first-order valence-corrected chi connectivity index (χ1v) is 8.21. The molecule has 3 saturated heterocycles. The predicted octanol–water partition coefficient (Wildman–Crippen LogP) is 3.30. The average Bonchev–Trinajstić information content (AvgIpc) is 3.25. The van der Waals surface area contributed by atoms with Crippen LogP contribution in [0.25, 0.3) is 22.0 Å². The van der Waals surface area contributed by atoms with Gasteiger partial charge >= 0.3 is 0 Å². The molecule has 0 saturated carbocycles. The van der Waals surface area contributed by atoms with Crippen LogP contribution < -0.4 is 0 Å². The number of aromatic amines is 1. The lowest BCUT2D eigenvalue weighted by molar-refractivity contribution is 0.0513. The largest absolute Gasteiger partial charge is 0.361 e. The van der Waals surface area contributed by atoms with Gasteiger partial charge < -0.3 is 9.88 Å². The van der Waals surface area contributed by atoms with Crippen LogP contribution in [-0.4, -0.2) is 39.3 Å². The number of H-pyrrole nitrogens is 1. The quantitative estimate of drug-likeness (QED) is 0.787. The van der Waals surface area contributed by atoms with Crippen molar-refractivity contribution in [3.63, 3.8) is 0 Å². The van der Waals surface area contributed by atoms with Gasteiger partial charge in [0.25, 0.3) is 0 Å². The van der Waals surface area contributed by atoms with E-state index in [4.69, 9.17) is 5.10 Å². The minimum Gasteiger partial charge on any atom is -0.361 e. The van der Waals surface area contributed by atoms with Crippen molar-refractivity contribution >= 4 is 10.9 Å². The first-order chi connectivity index (χ1) is 10.9. The second kappa shape index (κ2) is 4.71. The number of fused-ring (bicyclic) bond motifs is 4. The van der Waals surface area contributed by atoms with Crippen molar-refractivity contribution in [1.29, 1.82) is 0 Å². The third kappa shape index (κ3) is 1.83. The molecule has 6 rings (SSSR count). The van der Waals surface area contributed by atoms with Crippen LogP contribution in [-0.2, 0) is 0 Å². The molecule has 2 aromatic heterocycles. The zero-order valence-electron chi connectivity index (χ0n) is 12.6. The van der Waals surface area contributed by atoms with Crippen LogP contribution in [0.1, 0.15) is 18.9 Å². The summed E-state index contributed by atoms with van der Waals surface area (Å²) in [7, 11) is 0. The molecule has 3 fully saturated rings. The molecule has 4 nitrogen and oxygen atoms in total. The molecule has 1 atom stereocenters. The summed E-state index contributed by atoms with van der Waals surface area (Å²) in [6.07, 6.45) is 8.93. The van der Waals surface area contributed by atoms with E-state index >= 15 is 0 Å². The van der Waals surface area contributed by atoms with Crippen molar-refractivity contribution in [2.24, 2.45) is 5.92 Å². The molecule has 0 amide bonds. The summed E-state index contributed by atoms with van der Waals surface area (Å²) in [6.45, 7) is 3.72. The van der Waals surface area contributed by atoms with Crippen molar-refractivity contribution in [1.82, 2.24) is 19.7 Å². The Bertz CT molecular complexity index is 807. The lowest BCUT2D eigenvalue weighted by Gasteiger charge is -2.44. The van der Waals surface area contributed by atoms with Gasteiger partial charge in [0.05, 0.1) is 12.2 Å². The highest BCUT2D eigenvalue weighted by Crippen LogP contribution is 2.36. The molecule has 3 aromatic rings. The minimum atomic E-state index is 0.557. The molecule has 0 radical (unpaired) electrons. The summed E-state index contributed by atoms with van der Waals surface area (Å²) in [6, 6.07) is 9.13. The van der Waals surface area contributed by atoms with Crippen LogP contribution in [0.4, 0.5) is 0 Å². The molecule has 112 valence electrons. The maximum atomic E-state index is 4.71. The van der Waals surface area contributed by atoms with Gasteiger partial charge in [0.1, 0.15) is 0 Å². The maximum Gasteiger partial charge on any atom is 0.0675 e. The highest BCUT2D eigenvalue weighted by atomic mass is 15.3. The third-order valence-electron chi connectivity index (χ3n) is 5.47. The van der Waals surface area contributed by atoms with Gasteiger partial charge in [-0.3, -0.25) is 4.68 Å². The van der Waals surface area contributed by atoms with Crippen LogP contribution in [0.15, 0.2) is 42.9 Å². The van der Waals surface area contributed by atoms with E-state index in [2.05, 4.69) is 45.0 Å². The van der Waals surface area contributed by atoms with Gasteiger partial charge in [0.2, 0.25) is 0 Å². The highest BCUT2D eigenvalue weighted by molar-refractivity contribution is 5.94. The van der Waals surface area contributed by atoms with Crippen molar-refractivity contribution in [2.75, 3.05) is 19.6 Å². The topological polar surface area (TPSA) is 36.9 Å². The Morgan fingerprint density at radius 2 is 2.05 bits per heavy atom. The molecular formula is C18H20N4. The fourth-order valence-corrected chi connectivity index (χ4v) is 4.23. The van der Waals surface area contributed by atoms with Gasteiger partial charge in [-0.1, -0.05) is 12.1 Å². The summed E-state index contributed by atoms with van der Waals surface area (Å²) in [4.78, 5) is 5.87. The molecule has 4 heteroatoms. The number of nitrogens with zero attached hydrogens (tertiary/aromatic N) is 3. The first-order valence-electron chi connectivity index (χ1n) is 8.21. The standard InChI is InChI=1S/C18H20N4/c1-2-15(16-4-7-19-17(16)3-1)14-10-20-22(11-14)18-12-21-8-5-13(18)6-9-21/h1-4,7,10-11,13,18-19H,5-6,8-9,12H2. The van der Waals surface area contributed by atoms with E-state index in [1.165, 1.54) is 54.5 Å². The first kappa shape index (κ1) is 12.5. The molecule has 1 aromatic carbocycles. The van der Waals surface area contributed by atoms with Gasteiger partial charge in [-0.25, -0.2) is 0 Å². The van der Waals surface area contributed by atoms with Crippen LogP contribution in [0.3, 0.4) is 0 Å². The lowest BCUT2D eigenvalue weighted by Crippen LogP contribution is -2.48. The van der Waals surface area contributed by atoms with Gasteiger partial charge in [-0.15, -0.1) is 0 Å². The van der Waals surface area contributed by atoms with Crippen molar-refractivity contribution in [2.45, 2.75) is 18.9 Å². The molecule has 0 aliphatic carbocycles. The number of hydrogen-bond donors (Lipinski definition) is 1. The van der Waals surface area contributed by atoms with Crippen molar-refractivity contribution in [3.05, 3.63) is 42.9 Å². The minimum absolute atomic E-state index is 0.557. The fourth-order valence-electron chi connectivity index (χ4n) is 4.23. The number of rotatable bonds is 2. The summed E-state index contributed by atoms with van der Waals surface area (Å²) in [5, 5.41) is 5.98. The Labute approximate surface area is 129 Å². The number of piperidine rings is 3. The Kier molecular flexibility index (Phi) is 2.67. The molecule has 0 spiro atoms. The Morgan fingerprint density at radius 1 is 1.14 bits per heavy atom. The number of hydrogen-bond acceptors (Lipinski definition) is 2. The Hall–Kier alpha value is -2.07. The molecule has 3 aliphatic heterocycles. The highest BCUT2D eigenvalue weighted by Gasteiger charge is 2.35.